The van der Waals surface area contributed by atoms with Crippen LogP contribution in [-0.2, 0) is 9.59 Å². The first-order valence-electron chi connectivity index (χ1n) is 9.42. The van der Waals surface area contributed by atoms with Crippen molar-refractivity contribution in [1.29, 1.82) is 0 Å². The van der Waals surface area contributed by atoms with Gasteiger partial charge in [0.2, 0.25) is 6.41 Å². The zero-order valence-electron chi connectivity index (χ0n) is 16.5. The highest BCUT2D eigenvalue weighted by Crippen LogP contribution is 2.24. The van der Waals surface area contributed by atoms with Crippen LogP contribution in [-0.4, -0.2) is 23.5 Å². The SMILES string of the molecule is CCC(C)(CC)C(=O)O.CCCC(CCC)N(C=O)c1ccccc1. The minimum atomic E-state index is -0.687. The number of anilines is 1. The van der Waals surface area contributed by atoms with E-state index in [0.29, 0.717) is 18.9 Å². The van der Waals surface area contributed by atoms with Gasteiger partial charge >= 0.3 is 5.97 Å². The summed E-state index contributed by atoms with van der Waals surface area (Å²) >= 11 is 0. The Morgan fingerprint density at radius 1 is 1.08 bits per heavy atom. The predicted octanol–water partition coefficient (Wildman–Crippen LogP) is 5.52. The van der Waals surface area contributed by atoms with Crippen LogP contribution in [0, 0.1) is 5.41 Å². The van der Waals surface area contributed by atoms with E-state index in [1.807, 2.05) is 49.1 Å². The molecule has 0 spiro atoms. The molecule has 0 unspecified atom stereocenters. The average molecular weight is 350 g/mol. The van der Waals surface area contributed by atoms with E-state index >= 15 is 0 Å². The zero-order valence-corrected chi connectivity index (χ0v) is 16.5. The van der Waals surface area contributed by atoms with Gasteiger partial charge < -0.3 is 10.0 Å². The highest BCUT2D eigenvalue weighted by molar-refractivity contribution is 5.75. The summed E-state index contributed by atoms with van der Waals surface area (Å²) < 4.78 is 0. The Morgan fingerprint density at radius 2 is 1.56 bits per heavy atom. The number of hydrogen-bond acceptors (Lipinski definition) is 2. The summed E-state index contributed by atoms with van der Waals surface area (Å²) in [6.45, 7) is 9.90. The van der Waals surface area contributed by atoms with Crippen molar-refractivity contribution in [3.05, 3.63) is 30.3 Å². The van der Waals surface area contributed by atoms with Crippen LogP contribution in [0.25, 0.3) is 0 Å². The quantitative estimate of drug-likeness (QED) is 0.566. The van der Waals surface area contributed by atoms with Crippen LogP contribution in [0.5, 0.6) is 0 Å². The fraction of sp³-hybridized carbons (Fsp3) is 0.619. The lowest BCUT2D eigenvalue weighted by Crippen LogP contribution is -2.33. The molecule has 25 heavy (non-hydrogen) atoms. The van der Waals surface area contributed by atoms with Crippen molar-refractivity contribution in [1.82, 2.24) is 0 Å². The second-order valence-corrected chi connectivity index (χ2v) is 6.65. The van der Waals surface area contributed by atoms with Crippen molar-refractivity contribution < 1.29 is 14.7 Å². The van der Waals surface area contributed by atoms with Crippen LogP contribution in [0.4, 0.5) is 5.69 Å². The molecule has 0 bridgehead atoms. The smallest absolute Gasteiger partial charge is 0.309 e. The maximum absolute atomic E-state index is 11.2. The molecule has 4 heteroatoms. The van der Waals surface area contributed by atoms with Gasteiger partial charge in [-0.1, -0.05) is 58.7 Å². The normalized spacial score (nSPS) is 10.8. The highest BCUT2D eigenvalue weighted by Gasteiger charge is 2.28. The Morgan fingerprint density at radius 3 is 1.84 bits per heavy atom. The molecule has 4 nitrogen and oxygen atoms in total. The molecular formula is C21H35NO3. The summed E-state index contributed by atoms with van der Waals surface area (Å²) in [5, 5.41) is 8.63. The zero-order chi connectivity index (χ0) is 19.3. The number of benzene rings is 1. The molecular weight excluding hydrogens is 314 g/mol. The molecule has 0 saturated heterocycles. The largest absolute Gasteiger partial charge is 0.481 e. The van der Waals surface area contributed by atoms with E-state index in [4.69, 9.17) is 5.11 Å². The molecule has 1 aromatic carbocycles. The van der Waals surface area contributed by atoms with E-state index in [9.17, 15) is 9.59 Å². The Bertz CT molecular complexity index is 477. The predicted molar refractivity (Wildman–Crippen MR) is 105 cm³/mol. The molecule has 0 aliphatic rings. The number of para-hydroxylation sites is 1. The fourth-order valence-corrected chi connectivity index (χ4v) is 2.60. The second kappa shape index (κ2) is 12.5. The highest BCUT2D eigenvalue weighted by atomic mass is 16.4. The number of carboxylic acids is 1. The molecule has 1 rings (SSSR count). The molecule has 142 valence electrons. The van der Waals surface area contributed by atoms with Gasteiger partial charge in [0, 0.05) is 11.7 Å². The van der Waals surface area contributed by atoms with Crippen molar-refractivity contribution in [2.75, 3.05) is 4.90 Å². The van der Waals surface area contributed by atoms with Crippen molar-refractivity contribution in [3.63, 3.8) is 0 Å². The molecule has 0 aliphatic heterocycles. The van der Waals surface area contributed by atoms with E-state index in [2.05, 4.69) is 13.8 Å². The lowest BCUT2D eigenvalue weighted by molar-refractivity contribution is -0.148. The molecule has 0 radical (unpaired) electrons. The third-order valence-electron chi connectivity index (χ3n) is 4.88. The first-order valence-corrected chi connectivity index (χ1v) is 9.42. The van der Waals surface area contributed by atoms with E-state index in [1.54, 1.807) is 6.92 Å². The number of nitrogens with zero attached hydrogens (tertiary/aromatic N) is 1. The molecule has 1 N–H and O–H groups in total. The molecule has 1 aromatic rings. The van der Waals surface area contributed by atoms with Crippen LogP contribution in [0.2, 0.25) is 0 Å². The number of amides is 1. The molecule has 0 heterocycles. The van der Waals surface area contributed by atoms with Crippen LogP contribution in [0.3, 0.4) is 0 Å². The summed E-state index contributed by atoms with van der Waals surface area (Å²) in [4.78, 5) is 23.6. The Balaban J connectivity index is 0.000000547. The summed E-state index contributed by atoms with van der Waals surface area (Å²) in [6.07, 6.45) is 6.75. The standard InChI is InChI=1S/C14H21NO.C7H14O2/c1-3-8-13(9-4-2)15(12-16)14-10-6-5-7-11-14;1-4-7(3,5-2)6(8)9/h5-7,10-13H,3-4,8-9H2,1-2H3;4-5H2,1-3H3,(H,8,9). The minimum absolute atomic E-state index is 0.342. The van der Waals surface area contributed by atoms with Gasteiger partial charge in [0.05, 0.1) is 5.41 Å². The number of rotatable bonds is 10. The minimum Gasteiger partial charge on any atom is -0.481 e. The van der Waals surface area contributed by atoms with Crippen LogP contribution < -0.4 is 4.90 Å². The van der Waals surface area contributed by atoms with Gasteiger partial charge in [-0.15, -0.1) is 0 Å². The first-order chi connectivity index (χ1) is 11.9. The van der Waals surface area contributed by atoms with E-state index in [-0.39, 0.29) is 0 Å². The molecule has 0 aromatic heterocycles. The summed E-state index contributed by atoms with van der Waals surface area (Å²) in [6, 6.07) is 10.2. The fourth-order valence-electron chi connectivity index (χ4n) is 2.60. The summed E-state index contributed by atoms with van der Waals surface area (Å²) in [5.41, 5.74) is 0.504. The molecule has 0 saturated carbocycles. The Labute approximate surface area is 153 Å². The average Bonchev–Trinajstić information content (AvgIpc) is 2.63. The van der Waals surface area contributed by atoms with Crippen LogP contribution >= 0.6 is 0 Å². The van der Waals surface area contributed by atoms with Crippen LogP contribution in [0.1, 0.15) is 73.1 Å². The Kier molecular flexibility index (Phi) is 11.6. The summed E-state index contributed by atoms with van der Waals surface area (Å²) in [7, 11) is 0. The lowest BCUT2D eigenvalue weighted by Gasteiger charge is -2.28. The van der Waals surface area contributed by atoms with Gasteiger partial charge in [-0.25, -0.2) is 0 Å². The van der Waals surface area contributed by atoms with Gasteiger partial charge in [0.15, 0.2) is 0 Å². The van der Waals surface area contributed by atoms with Gasteiger partial charge in [0.1, 0.15) is 0 Å². The maximum Gasteiger partial charge on any atom is 0.309 e. The van der Waals surface area contributed by atoms with Crippen molar-refractivity contribution in [3.8, 4) is 0 Å². The van der Waals surface area contributed by atoms with Crippen molar-refractivity contribution >= 4 is 18.1 Å². The second-order valence-electron chi connectivity index (χ2n) is 6.65. The van der Waals surface area contributed by atoms with E-state index in [0.717, 1.165) is 37.8 Å². The number of aliphatic carboxylic acids is 1. The molecule has 0 aliphatic carbocycles. The monoisotopic (exact) mass is 349 g/mol. The van der Waals surface area contributed by atoms with E-state index in [1.165, 1.54) is 0 Å². The van der Waals surface area contributed by atoms with Gasteiger partial charge in [-0.05, 0) is 44.7 Å². The lowest BCUT2D eigenvalue weighted by atomic mass is 9.85. The maximum atomic E-state index is 11.2. The van der Waals surface area contributed by atoms with E-state index < -0.39 is 11.4 Å². The third-order valence-corrected chi connectivity index (χ3v) is 4.88. The van der Waals surface area contributed by atoms with Gasteiger partial charge in [0.25, 0.3) is 0 Å². The number of carbonyl (C=O) groups is 2. The number of carbonyl (C=O) groups excluding carboxylic acids is 1. The molecule has 0 fully saturated rings. The first kappa shape index (κ1) is 23.2. The molecule has 1 amide bonds. The molecule has 0 atom stereocenters. The Hall–Kier alpha value is -1.84. The topological polar surface area (TPSA) is 57.6 Å². The van der Waals surface area contributed by atoms with Crippen LogP contribution in [0.15, 0.2) is 30.3 Å². The number of carboxylic acid groups (broad SMARTS) is 1. The van der Waals surface area contributed by atoms with Crippen molar-refractivity contribution in [2.24, 2.45) is 5.41 Å². The van der Waals surface area contributed by atoms with Crippen molar-refractivity contribution in [2.45, 2.75) is 79.2 Å². The third kappa shape index (κ3) is 7.72. The van der Waals surface area contributed by atoms with Gasteiger partial charge in [-0.2, -0.15) is 0 Å². The number of hydrogen-bond donors (Lipinski definition) is 1. The summed E-state index contributed by atoms with van der Waals surface area (Å²) in [5.74, 6) is -0.687. The van der Waals surface area contributed by atoms with Gasteiger partial charge in [-0.3, -0.25) is 9.59 Å².